The van der Waals surface area contributed by atoms with Crippen LogP contribution in [0.2, 0.25) is 0 Å². The van der Waals surface area contributed by atoms with Gasteiger partial charge < -0.3 is 11.1 Å². The number of hydrogen-bond donors (Lipinski definition) is 2. The lowest BCUT2D eigenvalue weighted by molar-refractivity contribution is -0.122. The van der Waals surface area contributed by atoms with Crippen LogP contribution in [0.15, 0.2) is 22.7 Å². The summed E-state index contributed by atoms with van der Waals surface area (Å²) in [6.07, 6.45) is 0.713. The highest BCUT2D eigenvalue weighted by Gasteiger charge is 2.14. The van der Waals surface area contributed by atoms with E-state index in [2.05, 4.69) is 35.1 Å². The van der Waals surface area contributed by atoms with Gasteiger partial charge in [-0.15, -0.1) is 12.4 Å². The van der Waals surface area contributed by atoms with Gasteiger partial charge in [0.2, 0.25) is 5.91 Å². The fourth-order valence-electron chi connectivity index (χ4n) is 1.79. The highest BCUT2D eigenvalue weighted by molar-refractivity contribution is 9.10. The van der Waals surface area contributed by atoms with E-state index in [1.165, 1.54) is 0 Å². The molecule has 0 unspecified atom stereocenters. The summed E-state index contributed by atoms with van der Waals surface area (Å²) < 4.78 is 1.05. The topological polar surface area (TPSA) is 55.1 Å². The van der Waals surface area contributed by atoms with E-state index < -0.39 is 6.04 Å². The maximum absolute atomic E-state index is 11.8. The van der Waals surface area contributed by atoms with Gasteiger partial charge in [-0.05, 0) is 42.5 Å². The lowest BCUT2D eigenvalue weighted by atomic mass is 10.0. The molecule has 5 heteroatoms. The Hall–Kier alpha value is -0.580. The first-order chi connectivity index (χ1) is 8.40. The van der Waals surface area contributed by atoms with Crippen LogP contribution in [0.25, 0.3) is 0 Å². The first kappa shape index (κ1) is 18.4. The Bertz CT molecular complexity index is 424. The Balaban J connectivity index is 0.00000324. The Morgan fingerprint density at radius 2 is 2.05 bits per heavy atom. The zero-order valence-electron chi connectivity index (χ0n) is 11.6. The van der Waals surface area contributed by atoms with Gasteiger partial charge in [-0.3, -0.25) is 4.79 Å². The second-order valence-corrected chi connectivity index (χ2v) is 5.94. The van der Waals surface area contributed by atoms with Crippen molar-refractivity contribution >= 4 is 34.2 Å². The second-order valence-electron chi connectivity index (χ2n) is 5.02. The van der Waals surface area contributed by atoms with Crippen molar-refractivity contribution < 1.29 is 4.79 Å². The summed E-state index contributed by atoms with van der Waals surface area (Å²) in [6.45, 7) is 6.68. The molecule has 1 amide bonds. The zero-order chi connectivity index (χ0) is 13.7. The van der Waals surface area contributed by atoms with E-state index in [9.17, 15) is 4.79 Å². The van der Waals surface area contributed by atoms with Crippen LogP contribution in [-0.2, 0) is 11.3 Å². The molecule has 0 heterocycles. The number of carbonyl (C=O) groups excluding carboxylic acids is 1. The molecule has 0 aliphatic heterocycles. The Morgan fingerprint density at radius 3 is 2.58 bits per heavy atom. The van der Waals surface area contributed by atoms with E-state index in [1.807, 2.05) is 25.1 Å². The summed E-state index contributed by atoms with van der Waals surface area (Å²) in [5, 5.41) is 2.89. The van der Waals surface area contributed by atoms with Crippen molar-refractivity contribution in [3.63, 3.8) is 0 Å². The fraction of sp³-hybridized carbons (Fsp3) is 0.500. The molecule has 0 aliphatic rings. The predicted octanol–water partition coefficient (Wildman–Crippen LogP) is 3.17. The number of benzene rings is 1. The van der Waals surface area contributed by atoms with Crippen LogP contribution in [0, 0.1) is 12.8 Å². The van der Waals surface area contributed by atoms with Crippen molar-refractivity contribution in [2.45, 2.75) is 39.8 Å². The van der Waals surface area contributed by atoms with Gasteiger partial charge in [-0.2, -0.15) is 0 Å². The molecule has 1 atom stereocenters. The highest BCUT2D eigenvalue weighted by atomic mass is 79.9. The number of amides is 1. The largest absolute Gasteiger partial charge is 0.351 e. The van der Waals surface area contributed by atoms with E-state index in [-0.39, 0.29) is 18.3 Å². The van der Waals surface area contributed by atoms with Gasteiger partial charge in [0.25, 0.3) is 0 Å². The van der Waals surface area contributed by atoms with Gasteiger partial charge >= 0.3 is 0 Å². The smallest absolute Gasteiger partial charge is 0.237 e. The molecule has 0 bridgehead atoms. The van der Waals surface area contributed by atoms with Gasteiger partial charge in [-0.25, -0.2) is 0 Å². The summed E-state index contributed by atoms with van der Waals surface area (Å²) in [4.78, 5) is 11.8. The number of aryl methyl sites for hydroxylation is 1. The molecular formula is C14H22BrClN2O. The monoisotopic (exact) mass is 348 g/mol. The Morgan fingerprint density at radius 1 is 1.42 bits per heavy atom. The van der Waals surface area contributed by atoms with E-state index in [4.69, 9.17) is 5.73 Å². The lowest BCUT2D eigenvalue weighted by Crippen LogP contribution is -2.41. The van der Waals surface area contributed by atoms with Crippen LogP contribution >= 0.6 is 28.3 Å². The Labute approximate surface area is 129 Å². The maximum atomic E-state index is 11.8. The molecule has 3 nitrogen and oxygen atoms in total. The minimum atomic E-state index is -0.416. The van der Waals surface area contributed by atoms with Crippen LogP contribution < -0.4 is 11.1 Å². The van der Waals surface area contributed by atoms with Crippen LogP contribution in [-0.4, -0.2) is 11.9 Å². The standard InChI is InChI=1S/C14H21BrN2O.ClH/c1-9(2)6-13(16)14(18)17-8-11-4-5-12(15)7-10(11)3;/h4-5,7,9,13H,6,8,16H2,1-3H3,(H,17,18);1H/t13-;/m0./s1. The number of nitrogens with one attached hydrogen (secondary N) is 1. The van der Waals surface area contributed by atoms with Gasteiger partial charge in [-0.1, -0.05) is 35.8 Å². The molecule has 1 aromatic carbocycles. The molecule has 0 aliphatic carbocycles. The SMILES string of the molecule is Cc1cc(Br)ccc1CNC(=O)[C@@H](N)CC(C)C.Cl. The van der Waals surface area contributed by atoms with Crippen molar-refractivity contribution in [1.82, 2.24) is 5.32 Å². The number of carbonyl (C=O) groups is 1. The minimum absolute atomic E-state index is 0. The van der Waals surface area contributed by atoms with E-state index >= 15 is 0 Å². The maximum Gasteiger partial charge on any atom is 0.237 e. The molecule has 0 saturated heterocycles. The molecule has 0 spiro atoms. The van der Waals surface area contributed by atoms with E-state index in [0.29, 0.717) is 18.9 Å². The summed E-state index contributed by atoms with van der Waals surface area (Å²) in [7, 11) is 0. The van der Waals surface area contributed by atoms with Gasteiger partial charge in [0.1, 0.15) is 0 Å². The van der Waals surface area contributed by atoms with Crippen LogP contribution in [0.1, 0.15) is 31.4 Å². The Kier molecular flexibility index (Phi) is 8.30. The summed E-state index contributed by atoms with van der Waals surface area (Å²) in [5.41, 5.74) is 8.09. The van der Waals surface area contributed by atoms with Crippen molar-refractivity contribution in [2.75, 3.05) is 0 Å². The number of rotatable bonds is 5. The van der Waals surface area contributed by atoms with E-state index in [1.54, 1.807) is 0 Å². The second kappa shape index (κ2) is 8.56. The third kappa shape index (κ3) is 6.41. The van der Waals surface area contributed by atoms with Crippen molar-refractivity contribution in [2.24, 2.45) is 11.7 Å². The molecule has 0 saturated carbocycles. The summed E-state index contributed by atoms with van der Waals surface area (Å²) >= 11 is 3.42. The number of halogens is 2. The van der Waals surface area contributed by atoms with Crippen LogP contribution in [0.3, 0.4) is 0 Å². The first-order valence-corrected chi connectivity index (χ1v) is 6.97. The fourth-order valence-corrected chi connectivity index (χ4v) is 2.26. The molecule has 108 valence electrons. The first-order valence-electron chi connectivity index (χ1n) is 6.18. The average Bonchev–Trinajstić information content (AvgIpc) is 2.26. The molecule has 3 N–H and O–H groups in total. The predicted molar refractivity (Wildman–Crippen MR) is 85.4 cm³/mol. The summed E-state index contributed by atoms with van der Waals surface area (Å²) in [6, 6.07) is 5.60. The summed E-state index contributed by atoms with van der Waals surface area (Å²) in [5.74, 6) is 0.353. The number of nitrogens with two attached hydrogens (primary N) is 1. The average molecular weight is 350 g/mol. The lowest BCUT2D eigenvalue weighted by Gasteiger charge is -2.15. The third-order valence-electron chi connectivity index (χ3n) is 2.82. The molecule has 0 fully saturated rings. The van der Waals surface area contributed by atoms with Crippen LogP contribution in [0.4, 0.5) is 0 Å². The quantitative estimate of drug-likeness (QED) is 0.858. The molecule has 1 aromatic rings. The molecule has 19 heavy (non-hydrogen) atoms. The van der Waals surface area contributed by atoms with Crippen molar-refractivity contribution in [3.8, 4) is 0 Å². The normalized spacial score (nSPS) is 11.9. The third-order valence-corrected chi connectivity index (χ3v) is 3.31. The molecule has 0 radical (unpaired) electrons. The van der Waals surface area contributed by atoms with Gasteiger partial charge in [0.15, 0.2) is 0 Å². The highest BCUT2D eigenvalue weighted by Crippen LogP contribution is 2.15. The number of hydrogen-bond acceptors (Lipinski definition) is 2. The van der Waals surface area contributed by atoms with Crippen molar-refractivity contribution in [1.29, 1.82) is 0 Å². The molecule has 0 aromatic heterocycles. The zero-order valence-corrected chi connectivity index (χ0v) is 14.0. The van der Waals surface area contributed by atoms with Crippen LogP contribution in [0.5, 0.6) is 0 Å². The van der Waals surface area contributed by atoms with Gasteiger partial charge in [0.05, 0.1) is 6.04 Å². The van der Waals surface area contributed by atoms with Crippen molar-refractivity contribution in [3.05, 3.63) is 33.8 Å². The van der Waals surface area contributed by atoms with E-state index in [0.717, 1.165) is 15.6 Å². The molecular weight excluding hydrogens is 328 g/mol. The molecule has 1 rings (SSSR count). The van der Waals surface area contributed by atoms with Gasteiger partial charge in [0, 0.05) is 11.0 Å². The minimum Gasteiger partial charge on any atom is -0.351 e.